The summed E-state index contributed by atoms with van der Waals surface area (Å²) in [5.41, 5.74) is 1.04. The highest BCUT2D eigenvalue weighted by molar-refractivity contribution is 7.89. The Balaban J connectivity index is 1.60. The number of urea groups is 1. The van der Waals surface area contributed by atoms with Crippen molar-refractivity contribution in [1.82, 2.24) is 19.4 Å². The van der Waals surface area contributed by atoms with Gasteiger partial charge in [0.25, 0.3) is 0 Å². The second-order valence-electron chi connectivity index (χ2n) is 7.56. The fourth-order valence-corrected chi connectivity index (χ4v) is 4.77. The Kier molecular flexibility index (Phi) is 5.57. The number of nitrogens with zero attached hydrogens (tertiary/aromatic N) is 3. The van der Waals surface area contributed by atoms with Crippen LogP contribution in [0.3, 0.4) is 0 Å². The number of nitrogens with one attached hydrogen (secondary N) is 2. The van der Waals surface area contributed by atoms with E-state index in [-0.39, 0.29) is 17.7 Å². The number of sulfonamides is 1. The molecule has 2 unspecified atom stereocenters. The number of amides is 2. The van der Waals surface area contributed by atoms with Crippen molar-refractivity contribution in [3.8, 4) is 0 Å². The lowest BCUT2D eigenvalue weighted by atomic mass is 10.0. The maximum Gasteiger partial charge on any atom is 0.323 e. The van der Waals surface area contributed by atoms with E-state index in [2.05, 4.69) is 22.1 Å². The van der Waals surface area contributed by atoms with E-state index < -0.39 is 10.0 Å². The van der Waals surface area contributed by atoms with E-state index in [9.17, 15) is 13.2 Å². The van der Waals surface area contributed by atoms with Gasteiger partial charge in [0.2, 0.25) is 10.0 Å². The molecular formula is C17H29N5O3S. The molecule has 2 N–H and O–H groups in total. The number of aromatic nitrogens is 2. The van der Waals surface area contributed by atoms with E-state index in [4.69, 9.17) is 0 Å². The molecule has 1 saturated heterocycles. The molecule has 0 bridgehead atoms. The summed E-state index contributed by atoms with van der Waals surface area (Å²) in [5, 5.41) is 7.42. The highest BCUT2D eigenvalue weighted by Crippen LogP contribution is 2.39. The molecule has 146 valence electrons. The lowest BCUT2D eigenvalue weighted by Gasteiger charge is -2.32. The van der Waals surface area contributed by atoms with Crippen LogP contribution in [0, 0.1) is 18.8 Å². The highest BCUT2D eigenvalue weighted by Gasteiger charge is 2.31. The molecule has 8 nitrogen and oxygen atoms in total. The van der Waals surface area contributed by atoms with Gasteiger partial charge in [-0.2, -0.15) is 5.10 Å². The molecule has 2 atom stereocenters. The maximum absolute atomic E-state index is 12.6. The zero-order chi connectivity index (χ0) is 18.9. The molecule has 1 aromatic heterocycles. The Labute approximate surface area is 155 Å². The third-order valence-corrected chi connectivity index (χ3v) is 6.95. The molecule has 1 saturated carbocycles. The maximum atomic E-state index is 12.6. The van der Waals surface area contributed by atoms with Crippen molar-refractivity contribution in [3.63, 3.8) is 0 Å². The van der Waals surface area contributed by atoms with Gasteiger partial charge in [0.1, 0.15) is 0 Å². The summed E-state index contributed by atoms with van der Waals surface area (Å²) < 4.78 is 27.9. The zero-order valence-corrected chi connectivity index (χ0v) is 16.6. The van der Waals surface area contributed by atoms with Crippen LogP contribution < -0.4 is 10.0 Å². The zero-order valence-electron chi connectivity index (χ0n) is 15.7. The Morgan fingerprint density at radius 3 is 2.77 bits per heavy atom. The van der Waals surface area contributed by atoms with Gasteiger partial charge in [-0.05, 0) is 58.4 Å². The van der Waals surface area contributed by atoms with Crippen molar-refractivity contribution in [1.29, 1.82) is 0 Å². The van der Waals surface area contributed by atoms with Crippen LogP contribution >= 0.6 is 0 Å². The van der Waals surface area contributed by atoms with E-state index in [0.29, 0.717) is 30.9 Å². The third kappa shape index (κ3) is 4.56. The molecular weight excluding hydrogens is 354 g/mol. The summed E-state index contributed by atoms with van der Waals surface area (Å²) in [7, 11) is -1.84. The predicted octanol–water partition coefficient (Wildman–Crippen LogP) is 1.96. The number of likely N-dealkylation sites (tertiary alicyclic amines) is 1. The Hall–Kier alpha value is -1.61. The quantitative estimate of drug-likeness (QED) is 0.785. The number of piperidine rings is 1. The molecule has 2 amide bonds. The molecule has 0 aromatic carbocycles. The van der Waals surface area contributed by atoms with Crippen molar-refractivity contribution >= 4 is 21.9 Å². The second-order valence-corrected chi connectivity index (χ2v) is 9.53. The largest absolute Gasteiger partial charge is 0.324 e. The first-order valence-corrected chi connectivity index (χ1v) is 11.0. The highest BCUT2D eigenvalue weighted by atomic mass is 32.2. The molecule has 3 rings (SSSR count). The average Bonchev–Trinajstić information content (AvgIpc) is 3.38. The van der Waals surface area contributed by atoms with Gasteiger partial charge in [0, 0.05) is 24.8 Å². The van der Waals surface area contributed by atoms with Gasteiger partial charge >= 0.3 is 6.03 Å². The number of hydrogen-bond acceptors (Lipinski definition) is 4. The standard InChI is InChI=1S/C17H29N5O3S/c1-12-9-16(20-22(12)13(2)15-6-7-15)19-17(23)21-8-4-5-14(10-21)11-26(24,25)18-3/h9,13-15,18H,4-8,10-11H2,1-3H3,(H,19,20,23). The van der Waals surface area contributed by atoms with Crippen molar-refractivity contribution in [3.05, 3.63) is 11.8 Å². The number of aryl methyl sites for hydroxylation is 1. The molecule has 1 aliphatic heterocycles. The first-order chi connectivity index (χ1) is 12.3. The fourth-order valence-electron chi connectivity index (χ4n) is 3.71. The van der Waals surface area contributed by atoms with Crippen molar-refractivity contribution in [2.24, 2.45) is 11.8 Å². The summed E-state index contributed by atoms with van der Waals surface area (Å²) in [6.45, 7) is 5.26. The first kappa shape index (κ1) is 19.2. The summed E-state index contributed by atoms with van der Waals surface area (Å²) in [4.78, 5) is 14.3. The van der Waals surface area contributed by atoms with Crippen LogP contribution in [0.1, 0.15) is 44.3 Å². The van der Waals surface area contributed by atoms with Gasteiger partial charge in [-0.1, -0.05) is 0 Å². The number of rotatable bonds is 6. The molecule has 2 heterocycles. The predicted molar refractivity (Wildman–Crippen MR) is 101 cm³/mol. The van der Waals surface area contributed by atoms with Gasteiger partial charge in [0.05, 0.1) is 11.8 Å². The Morgan fingerprint density at radius 1 is 1.38 bits per heavy atom. The molecule has 9 heteroatoms. The minimum atomic E-state index is -3.27. The summed E-state index contributed by atoms with van der Waals surface area (Å²) in [6, 6.07) is 2.04. The van der Waals surface area contributed by atoms with E-state index in [1.165, 1.54) is 19.9 Å². The van der Waals surface area contributed by atoms with E-state index >= 15 is 0 Å². The van der Waals surface area contributed by atoms with Crippen LogP contribution in [0.5, 0.6) is 0 Å². The lowest BCUT2D eigenvalue weighted by Crippen LogP contribution is -2.44. The lowest BCUT2D eigenvalue weighted by molar-refractivity contribution is 0.182. The molecule has 26 heavy (non-hydrogen) atoms. The number of carbonyl (C=O) groups excluding carboxylic acids is 1. The van der Waals surface area contributed by atoms with E-state index in [1.807, 2.05) is 17.7 Å². The summed E-state index contributed by atoms with van der Waals surface area (Å²) in [5.74, 6) is 1.26. The van der Waals surface area contributed by atoms with Gasteiger partial charge in [-0.15, -0.1) is 0 Å². The van der Waals surface area contributed by atoms with Crippen LogP contribution in [0.2, 0.25) is 0 Å². The number of carbonyl (C=O) groups is 1. The molecule has 0 spiro atoms. The smallest absolute Gasteiger partial charge is 0.323 e. The number of hydrogen-bond donors (Lipinski definition) is 2. The van der Waals surface area contributed by atoms with E-state index in [0.717, 1.165) is 18.5 Å². The Bertz CT molecular complexity index is 756. The topological polar surface area (TPSA) is 96.3 Å². The second kappa shape index (κ2) is 7.56. The monoisotopic (exact) mass is 383 g/mol. The van der Waals surface area contributed by atoms with Crippen molar-refractivity contribution in [2.45, 2.75) is 45.6 Å². The minimum Gasteiger partial charge on any atom is -0.324 e. The molecule has 1 aromatic rings. The summed E-state index contributed by atoms with van der Waals surface area (Å²) in [6.07, 6.45) is 4.11. The van der Waals surface area contributed by atoms with Gasteiger partial charge in [0.15, 0.2) is 5.82 Å². The van der Waals surface area contributed by atoms with Crippen molar-refractivity contribution < 1.29 is 13.2 Å². The van der Waals surface area contributed by atoms with Crippen LogP contribution in [-0.4, -0.2) is 55.0 Å². The average molecular weight is 384 g/mol. The van der Waals surface area contributed by atoms with Crippen LogP contribution in [-0.2, 0) is 10.0 Å². The normalized spacial score (nSPS) is 22.3. The van der Waals surface area contributed by atoms with Crippen LogP contribution in [0.25, 0.3) is 0 Å². The van der Waals surface area contributed by atoms with Crippen LogP contribution in [0.4, 0.5) is 10.6 Å². The van der Waals surface area contributed by atoms with Gasteiger partial charge < -0.3 is 4.90 Å². The Morgan fingerprint density at radius 2 is 2.12 bits per heavy atom. The van der Waals surface area contributed by atoms with Crippen molar-refractivity contribution in [2.75, 3.05) is 31.2 Å². The third-order valence-electron chi connectivity index (χ3n) is 5.42. The van der Waals surface area contributed by atoms with E-state index in [1.54, 1.807) is 4.90 Å². The van der Waals surface area contributed by atoms with Gasteiger partial charge in [-0.25, -0.2) is 17.9 Å². The first-order valence-electron chi connectivity index (χ1n) is 9.32. The van der Waals surface area contributed by atoms with Gasteiger partial charge in [-0.3, -0.25) is 10.00 Å². The fraction of sp³-hybridized carbons (Fsp3) is 0.765. The SMILES string of the molecule is CNS(=O)(=O)CC1CCCN(C(=O)Nc2cc(C)n(C(C)C3CC3)n2)C1. The molecule has 1 aliphatic carbocycles. The number of anilines is 1. The summed E-state index contributed by atoms with van der Waals surface area (Å²) >= 11 is 0. The molecule has 0 radical (unpaired) electrons. The van der Waals surface area contributed by atoms with Crippen LogP contribution in [0.15, 0.2) is 6.07 Å². The molecule has 2 aliphatic rings. The minimum absolute atomic E-state index is 0.0406. The molecule has 2 fully saturated rings.